The van der Waals surface area contributed by atoms with E-state index in [1.165, 1.54) is 48.8 Å². The monoisotopic (exact) mass is 2210 g/mol. The van der Waals surface area contributed by atoms with E-state index in [2.05, 4.69) is 65.2 Å². The van der Waals surface area contributed by atoms with Gasteiger partial charge in [-0.05, 0) is 95.2 Å². The van der Waals surface area contributed by atoms with Crippen molar-refractivity contribution >= 4 is 11.9 Å². The molecule has 11 nitrogen and oxygen atoms in total. The van der Waals surface area contributed by atoms with Gasteiger partial charge in [0.05, 0.1) is 0 Å². The molecule has 0 bridgehead atoms. The molecular formula is C73H46F8Ir3N7O4Pt2-5. The first kappa shape index (κ1) is 84.2. The van der Waals surface area contributed by atoms with Crippen molar-refractivity contribution in [2.75, 3.05) is 0 Å². The van der Waals surface area contributed by atoms with Gasteiger partial charge < -0.3 is 35.1 Å². The van der Waals surface area contributed by atoms with Crippen LogP contribution in [0, 0.1) is 76.9 Å². The molecule has 0 aliphatic heterocycles. The van der Waals surface area contributed by atoms with Crippen LogP contribution < -0.4 is 0 Å². The number of carbonyl (C=O) groups is 2. The summed E-state index contributed by atoms with van der Waals surface area (Å²) in [4.78, 5) is 47.7. The predicted octanol–water partition coefficient (Wildman–Crippen LogP) is 17.1. The van der Waals surface area contributed by atoms with Crippen LogP contribution in [0.25, 0.3) is 67.4 Å². The summed E-state index contributed by atoms with van der Waals surface area (Å²) in [6.07, 6.45) is 11.0. The Morgan fingerprint density at radius 3 is 0.887 bits per heavy atom. The number of hydrogen-bond donors (Lipinski definition) is 2. The van der Waals surface area contributed by atoms with Crippen LogP contribution in [-0.2, 0) is 102 Å². The summed E-state index contributed by atoms with van der Waals surface area (Å²) in [5.74, 6) is -6.55. The second kappa shape index (κ2) is 45.5. The van der Waals surface area contributed by atoms with Gasteiger partial charge in [0.15, 0.2) is 0 Å². The average Bonchev–Trinajstić information content (AvgIpc) is 0.829. The van der Waals surface area contributed by atoms with Gasteiger partial charge in [-0.15, -0.1) is 96.1 Å². The first-order chi connectivity index (χ1) is 44.6. The molecule has 505 valence electrons. The zero-order chi connectivity index (χ0) is 65.5. The van der Waals surface area contributed by atoms with Gasteiger partial charge in [-0.3, -0.25) is 30.7 Å². The van der Waals surface area contributed by atoms with Crippen LogP contribution in [0.2, 0.25) is 0 Å². The number of benzene rings is 6. The number of carboxylic acid groups (broad SMARTS) is 2. The van der Waals surface area contributed by atoms with Crippen LogP contribution in [-0.4, -0.2) is 57.0 Å². The number of carboxylic acids is 2. The minimum atomic E-state index is -0.990. The standard InChI is InChI=1S/C17H10F2N.3C11H6F2N.C11H8N.2C6H5NO2.3Ir.2Pt/c18-13-6-4-12(5-7-13)16-11-14(19)8-9-15(16)17-3-1-2-10-20-17;3*12-8-4-5-9(10(13)7-8)11-3-1-2-6-14-11;1-2-6-10(7-3-1)11-8-4-5-9-12-11;2*8-6(9)5-3-1-2-4-7-5;;;;;/h1-8,10-11H;3*1-4,6-7H;1-6,8-9H;2*1-4H,(H,8,9);;;;;/q5*-1;;;;;;;. The molecule has 0 spiro atoms. The Bertz CT molecular complexity index is 4100. The minimum absolute atomic E-state index is 0. The summed E-state index contributed by atoms with van der Waals surface area (Å²) in [5, 5.41) is 16.6. The summed E-state index contributed by atoms with van der Waals surface area (Å²) in [7, 11) is 0. The fraction of sp³-hybridized carbons (Fsp3) is 0. The largest absolute Gasteiger partial charge is 0.477 e. The topological polar surface area (TPSA) is 165 Å². The number of nitrogens with zero attached hydrogens (tertiary/aromatic N) is 7. The fourth-order valence-corrected chi connectivity index (χ4v) is 7.56. The quantitative estimate of drug-likeness (QED) is 0.110. The first-order valence-electron chi connectivity index (χ1n) is 27.0. The van der Waals surface area contributed by atoms with E-state index in [-0.39, 0.29) is 142 Å². The van der Waals surface area contributed by atoms with Gasteiger partial charge in [0.25, 0.3) is 0 Å². The van der Waals surface area contributed by atoms with E-state index < -0.39 is 46.8 Å². The molecule has 0 aliphatic rings. The van der Waals surface area contributed by atoms with E-state index in [9.17, 15) is 44.7 Å². The van der Waals surface area contributed by atoms with E-state index >= 15 is 0 Å². The minimum Gasteiger partial charge on any atom is -0.477 e. The van der Waals surface area contributed by atoms with Crippen LogP contribution >= 0.6 is 0 Å². The molecule has 7 aromatic heterocycles. The molecule has 0 saturated heterocycles. The molecule has 0 amide bonds. The van der Waals surface area contributed by atoms with Crippen molar-refractivity contribution in [1.82, 2.24) is 34.9 Å². The second-order valence-corrected chi connectivity index (χ2v) is 18.1. The smallest absolute Gasteiger partial charge is 0.354 e. The summed E-state index contributed by atoms with van der Waals surface area (Å²) in [6, 6.07) is 71.9. The molecule has 0 atom stereocenters. The molecule has 3 radical (unpaired) electrons. The van der Waals surface area contributed by atoms with Crippen molar-refractivity contribution < 1.29 is 157 Å². The molecule has 13 rings (SSSR count). The normalized spacial score (nSPS) is 9.40. The first-order valence-corrected chi connectivity index (χ1v) is 27.0. The van der Waals surface area contributed by atoms with Gasteiger partial charge in [-0.25, -0.2) is 23.9 Å². The third-order valence-electron chi connectivity index (χ3n) is 11.7. The van der Waals surface area contributed by atoms with Crippen molar-refractivity contribution in [2.45, 2.75) is 0 Å². The van der Waals surface area contributed by atoms with E-state index in [1.54, 1.807) is 122 Å². The zero-order valence-electron chi connectivity index (χ0n) is 49.4. The maximum Gasteiger partial charge on any atom is 0.354 e. The van der Waals surface area contributed by atoms with E-state index in [0.29, 0.717) is 33.9 Å². The SMILES string of the molecule is Fc1c[c-]c(-c2ccccn2)c(F)c1.Fc1c[c-]c(-c2ccccn2)c(F)c1.Fc1c[c-]c(-c2ccccn2)c(F)c1.Fc1ccc(-c2cc(F)c[c-]c2-c2ccccn2)cc1.O=C(O)c1ccccn1.O=C(O)c1ccccn1.[Ir].[Ir].[Ir].[Pt].[Pt].[c-]1ccccc1-c1ccccn1. The number of aromatic nitrogens is 7. The fourth-order valence-electron chi connectivity index (χ4n) is 7.56. The van der Waals surface area contributed by atoms with E-state index in [0.717, 1.165) is 53.2 Å². The van der Waals surface area contributed by atoms with E-state index in [4.69, 9.17) is 10.2 Å². The van der Waals surface area contributed by atoms with Crippen molar-refractivity contribution in [3.05, 3.63) is 356 Å². The van der Waals surface area contributed by atoms with Crippen molar-refractivity contribution in [1.29, 1.82) is 0 Å². The molecule has 2 N–H and O–H groups in total. The van der Waals surface area contributed by atoms with Crippen molar-refractivity contribution in [3.8, 4) is 67.4 Å². The maximum absolute atomic E-state index is 13.5. The van der Waals surface area contributed by atoms with Gasteiger partial charge in [-0.2, -0.15) is 0 Å². The average molecular weight is 2200 g/mol. The molecule has 7 heterocycles. The Balaban J connectivity index is 0.000000387. The zero-order valence-corrected chi connectivity index (χ0v) is 61.1. The Morgan fingerprint density at radius 2 is 0.608 bits per heavy atom. The van der Waals surface area contributed by atoms with Crippen LogP contribution in [0.1, 0.15) is 21.0 Å². The molecule has 0 aliphatic carbocycles. The number of rotatable bonds is 8. The number of halogens is 8. The van der Waals surface area contributed by atoms with Gasteiger partial charge in [0.1, 0.15) is 17.2 Å². The maximum atomic E-state index is 13.5. The Kier molecular flexibility index (Phi) is 39.5. The molecule has 0 saturated carbocycles. The molecule has 0 unspecified atom stereocenters. The summed E-state index contributed by atoms with van der Waals surface area (Å²) in [6.45, 7) is 0. The van der Waals surface area contributed by atoms with Gasteiger partial charge in [-0.1, -0.05) is 131 Å². The van der Waals surface area contributed by atoms with Gasteiger partial charge >= 0.3 is 11.9 Å². The van der Waals surface area contributed by atoms with Crippen molar-refractivity contribution in [2.24, 2.45) is 0 Å². The third kappa shape index (κ3) is 28.4. The van der Waals surface area contributed by atoms with Gasteiger partial charge in [0, 0.05) is 187 Å². The van der Waals surface area contributed by atoms with Crippen molar-refractivity contribution in [3.63, 3.8) is 0 Å². The van der Waals surface area contributed by atoms with Crippen LogP contribution in [0.4, 0.5) is 35.1 Å². The Labute approximate surface area is 622 Å². The van der Waals surface area contributed by atoms with Gasteiger partial charge in [0.2, 0.25) is 0 Å². The van der Waals surface area contributed by atoms with Crippen LogP contribution in [0.15, 0.2) is 268 Å². The van der Waals surface area contributed by atoms with Crippen LogP contribution in [0.3, 0.4) is 0 Å². The predicted molar refractivity (Wildman–Crippen MR) is 330 cm³/mol. The molecular weight excluding hydrogens is 2160 g/mol. The Hall–Kier alpha value is -8.93. The second-order valence-electron chi connectivity index (χ2n) is 18.1. The van der Waals surface area contributed by atoms with Crippen LogP contribution in [0.5, 0.6) is 0 Å². The summed E-state index contributed by atoms with van der Waals surface area (Å²) >= 11 is 0. The molecule has 0 fully saturated rings. The molecule has 6 aromatic carbocycles. The summed E-state index contributed by atoms with van der Waals surface area (Å²) in [5.41, 5.74) is 6.84. The summed E-state index contributed by atoms with van der Waals surface area (Å²) < 4.78 is 104. The molecule has 97 heavy (non-hydrogen) atoms. The Morgan fingerprint density at radius 1 is 0.309 bits per heavy atom. The third-order valence-corrected chi connectivity index (χ3v) is 11.7. The molecule has 13 aromatic rings. The van der Waals surface area contributed by atoms with E-state index in [1.807, 2.05) is 60.7 Å². The molecule has 24 heteroatoms. The number of pyridine rings is 7. The number of hydrogen-bond acceptors (Lipinski definition) is 9. The number of aromatic carboxylic acids is 2.